The maximum atomic E-state index is 10.9. The van der Waals surface area contributed by atoms with E-state index in [1.54, 1.807) is 0 Å². The molecule has 0 amide bonds. The molecule has 1 atom stereocenters. The highest BCUT2D eigenvalue weighted by molar-refractivity contribution is 5.46. The average Bonchev–Trinajstić information content (AvgIpc) is 2.56. The molecule has 2 bridgehead atoms. The molecule has 0 radical (unpaired) electrons. The third-order valence-electron chi connectivity index (χ3n) is 5.11. The number of aliphatic hydroxyl groups is 1. The van der Waals surface area contributed by atoms with Crippen LogP contribution in [0.15, 0.2) is 30.9 Å². The third kappa shape index (κ3) is 3.50. The fourth-order valence-electron chi connectivity index (χ4n) is 3.77. The molecule has 3 aliphatic rings. The molecule has 0 saturated carbocycles. The van der Waals surface area contributed by atoms with Crippen LogP contribution in [0.5, 0.6) is 0 Å². The maximum Gasteiger partial charge on any atom is 0.141 e. The summed E-state index contributed by atoms with van der Waals surface area (Å²) < 4.78 is 0. The molecular formula is C20H26N2O. The Hall–Kier alpha value is -1.60. The zero-order valence-electron chi connectivity index (χ0n) is 13.7. The summed E-state index contributed by atoms with van der Waals surface area (Å²) in [7, 11) is 0. The van der Waals surface area contributed by atoms with Crippen LogP contribution >= 0.6 is 0 Å². The van der Waals surface area contributed by atoms with Crippen molar-refractivity contribution in [3.05, 3.63) is 47.5 Å². The number of piperidine rings is 3. The van der Waals surface area contributed by atoms with Crippen molar-refractivity contribution in [3.63, 3.8) is 0 Å². The Balaban J connectivity index is 1.86. The minimum atomic E-state index is -0.849. The Labute approximate surface area is 139 Å². The first-order valence-electron chi connectivity index (χ1n) is 8.55. The molecule has 3 heterocycles. The quantitative estimate of drug-likeness (QED) is 0.658. The summed E-state index contributed by atoms with van der Waals surface area (Å²) >= 11 is 0. The number of benzene rings is 1. The number of nitrogens with zero attached hydrogens (tertiary/aromatic N) is 1. The Morgan fingerprint density at radius 2 is 2.17 bits per heavy atom. The Bertz CT molecular complexity index is 635. The van der Waals surface area contributed by atoms with Crippen LogP contribution in [0.3, 0.4) is 0 Å². The van der Waals surface area contributed by atoms with Crippen molar-refractivity contribution in [2.75, 3.05) is 26.2 Å². The molecule has 0 aromatic heterocycles. The molecule has 0 spiro atoms. The van der Waals surface area contributed by atoms with Gasteiger partial charge in [0.15, 0.2) is 0 Å². The highest BCUT2D eigenvalue weighted by Crippen LogP contribution is 2.35. The lowest BCUT2D eigenvalue weighted by Crippen LogP contribution is -2.58. The number of nitrogens with two attached hydrogens (primary N) is 1. The smallest absolute Gasteiger partial charge is 0.141 e. The fraction of sp³-hybridized carbons (Fsp3) is 0.500. The largest absolute Gasteiger partial charge is 0.376 e. The van der Waals surface area contributed by atoms with Gasteiger partial charge in [-0.05, 0) is 62.5 Å². The zero-order valence-corrected chi connectivity index (χ0v) is 13.7. The fourth-order valence-corrected chi connectivity index (χ4v) is 3.77. The highest BCUT2D eigenvalue weighted by Gasteiger charge is 2.44. The number of allylic oxidation sites excluding steroid dienone is 1. The normalized spacial score (nSPS) is 29.0. The van der Waals surface area contributed by atoms with Gasteiger partial charge >= 0.3 is 0 Å². The standard InChI is InChI=1S/C20H26N2O/c1-2-3-18-14-16(7-11-21)4-5-17(18)6-10-20(23)15-22-12-8-19(20)9-13-22/h2,4-5,14,19,23H,1,3,7-9,11-13,15,21H2. The van der Waals surface area contributed by atoms with E-state index in [0.717, 1.165) is 44.3 Å². The van der Waals surface area contributed by atoms with Gasteiger partial charge in [-0.1, -0.05) is 30.0 Å². The molecule has 3 heteroatoms. The van der Waals surface area contributed by atoms with Gasteiger partial charge in [0, 0.05) is 18.0 Å². The lowest BCUT2D eigenvalue weighted by molar-refractivity contribution is -0.0713. The van der Waals surface area contributed by atoms with E-state index in [0.29, 0.717) is 19.0 Å². The molecule has 1 aromatic carbocycles. The first-order chi connectivity index (χ1) is 11.1. The van der Waals surface area contributed by atoms with Gasteiger partial charge in [0.25, 0.3) is 0 Å². The van der Waals surface area contributed by atoms with E-state index in [1.807, 2.05) is 6.08 Å². The van der Waals surface area contributed by atoms with Crippen LogP contribution in [0.2, 0.25) is 0 Å². The van der Waals surface area contributed by atoms with E-state index < -0.39 is 5.60 Å². The van der Waals surface area contributed by atoms with Gasteiger partial charge in [-0.3, -0.25) is 4.90 Å². The molecule has 1 aromatic rings. The second-order valence-electron chi connectivity index (χ2n) is 6.75. The minimum Gasteiger partial charge on any atom is -0.376 e. The summed E-state index contributed by atoms with van der Waals surface area (Å²) in [5.74, 6) is 6.78. The number of hydrogen-bond acceptors (Lipinski definition) is 3. The number of rotatable bonds is 4. The molecule has 4 rings (SSSR count). The summed E-state index contributed by atoms with van der Waals surface area (Å²) in [6.07, 6.45) is 5.67. The van der Waals surface area contributed by atoms with E-state index in [2.05, 4.69) is 41.5 Å². The zero-order chi connectivity index (χ0) is 16.3. The monoisotopic (exact) mass is 310 g/mol. The van der Waals surface area contributed by atoms with Crippen LogP contribution in [0.25, 0.3) is 0 Å². The van der Waals surface area contributed by atoms with Gasteiger partial charge in [0.2, 0.25) is 0 Å². The molecule has 3 saturated heterocycles. The summed E-state index contributed by atoms with van der Waals surface area (Å²) in [6, 6.07) is 6.31. The molecule has 23 heavy (non-hydrogen) atoms. The van der Waals surface area contributed by atoms with Crippen molar-refractivity contribution >= 4 is 0 Å². The van der Waals surface area contributed by atoms with Crippen molar-refractivity contribution in [2.24, 2.45) is 11.7 Å². The predicted molar refractivity (Wildman–Crippen MR) is 94.1 cm³/mol. The molecule has 122 valence electrons. The number of fused-ring (bicyclic) bond motifs is 3. The van der Waals surface area contributed by atoms with E-state index in [4.69, 9.17) is 5.73 Å². The van der Waals surface area contributed by atoms with Crippen molar-refractivity contribution in [3.8, 4) is 11.8 Å². The maximum absolute atomic E-state index is 10.9. The second-order valence-corrected chi connectivity index (χ2v) is 6.75. The average molecular weight is 310 g/mol. The van der Waals surface area contributed by atoms with Crippen molar-refractivity contribution in [1.82, 2.24) is 4.90 Å². The summed E-state index contributed by atoms with van der Waals surface area (Å²) in [4.78, 5) is 2.32. The van der Waals surface area contributed by atoms with E-state index >= 15 is 0 Å². The molecule has 0 aliphatic carbocycles. The molecular weight excluding hydrogens is 284 g/mol. The topological polar surface area (TPSA) is 49.5 Å². The van der Waals surface area contributed by atoms with Gasteiger partial charge in [-0.15, -0.1) is 6.58 Å². The summed E-state index contributed by atoms with van der Waals surface area (Å²) in [5.41, 5.74) is 8.19. The second kappa shape index (κ2) is 6.88. The van der Waals surface area contributed by atoms with Crippen LogP contribution in [0.4, 0.5) is 0 Å². The van der Waals surface area contributed by atoms with Gasteiger partial charge < -0.3 is 10.8 Å². The highest BCUT2D eigenvalue weighted by atomic mass is 16.3. The minimum absolute atomic E-state index is 0.319. The Morgan fingerprint density at radius 1 is 1.39 bits per heavy atom. The van der Waals surface area contributed by atoms with Crippen LogP contribution in [0.1, 0.15) is 29.5 Å². The third-order valence-corrected chi connectivity index (χ3v) is 5.11. The molecule has 3 nitrogen and oxygen atoms in total. The SMILES string of the molecule is C=CCc1cc(CCN)ccc1C#CC1(O)CN2CCC1CC2. The molecule has 1 unspecified atom stereocenters. The first-order valence-corrected chi connectivity index (χ1v) is 8.55. The van der Waals surface area contributed by atoms with Crippen LogP contribution in [-0.4, -0.2) is 41.8 Å². The van der Waals surface area contributed by atoms with E-state index in [-0.39, 0.29) is 0 Å². The summed E-state index contributed by atoms with van der Waals surface area (Å²) in [5, 5.41) is 10.9. The Kier molecular flexibility index (Phi) is 4.87. The van der Waals surface area contributed by atoms with Gasteiger partial charge in [0.1, 0.15) is 5.60 Å². The molecule has 3 aliphatic heterocycles. The number of hydrogen-bond donors (Lipinski definition) is 2. The molecule has 3 fully saturated rings. The van der Waals surface area contributed by atoms with Crippen molar-refractivity contribution in [2.45, 2.75) is 31.3 Å². The first kappa shape index (κ1) is 16.3. The van der Waals surface area contributed by atoms with Crippen molar-refractivity contribution < 1.29 is 5.11 Å². The van der Waals surface area contributed by atoms with Crippen LogP contribution in [0, 0.1) is 17.8 Å². The van der Waals surface area contributed by atoms with E-state index in [1.165, 1.54) is 11.1 Å². The van der Waals surface area contributed by atoms with Gasteiger partial charge in [-0.25, -0.2) is 0 Å². The predicted octanol–water partition coefficient (Wildman–Crippen LogP) is 1.72. The van der Waals surface area contributed by atoms with Crippen molar-refractivity contribution in [1.29, 1.82) is 0 Å². The Morgan fingerprint density at radius 3 is 2.78 bits per heavy atom. The molecule has 3 N–H and O–H groups in total. The van der Waals surface area contributed by atoms with Gasteiger partial charge in [-0.2, -0.15) is 0 Å². The lowest BCUT2D eigenvalue weighted by atomic mass is 9.75. The van der Waals surface area contributed by atoms with Crippen LogP contribution in [-0.2, 0) is 12.8 Å². The van der Waals surface area contributed by atoms with Gasteiger partial charge in [0.05, 0.1) is 0 Å². The lowest BCUT2D eigenvalue weighted by Gasteiger charge is -2.47. The van der Waals surface area contributed by atoms with E-state index in [9.17, 15) is 5.11 Å². The van der Waals surface area contributed by atoms with Crippen LogP contribution < -0.4 is 5.73 Å². The summed E-state index contributed by atoms with van der Waals surface area (Å²) in [6.45, 7) is 7.38.